The number of carbonyl (C=O) groups is 1. The Labute approximate surface area is 141 Å². The molecule has 0 spiro atoms. The van der Waals surface area contributed by atoms with Crippen molar-refractivity contribution in [1.29, 1.82) is 0 Å². The van der Waals surface area contributed by atoms with Gasteiger partial charge in [0.05, 0.1) is 6.54 Å². The number of amides is 1. The maximum absolute atomic E-state index is 12.7. The average Bonchev–Trinajstić information content (AvgIpc) is 2.56. The first-order valence-electron chi connectivity index (χ1n) is 8.32. The van der Waals surface area contributed by atoms with Crippen molar-refractivity contribution in [3.63, 3.8) is 0 Å². The second kappa shape index (κ2) is 7.01. The quantitative estimate of drug-likeness (QED) is 0.933. The number of rotatable bonds is 3. The van der Waals surface area contributed by atoms with Gasteiger partial charge in [0.25, 0.3) is 11.5 Å². The van der Waals surface area contributed by atoms with E-state index in [1.807, 2.05) is 32.0 Å². The van der Waals surface area contributed by atoms with Gasteiger partial charge in [-0.05, 0) is 31.5 Å². The van der Waals surface area contributed by atoms with Crippen molar-refractivity contribution in [3.05, 3.63) is 69.6 Å². The average molecular weight is 325 g/mol. The van der Waals surface area contributed by atoms with E-state index in [-0.39, 0.29) is 23.1 Å². The Morgan fingerprint density at radius 2 is 2.12 bits per heavy atom. The number of piperazine rings is 1. The Hall–Kier alpha value is -2.40. The van der Waals surface area contributed by atoms with Crippen molar-refractivity contribution in [2.75, 3.05) is 19.6 Å². The molecule has 0 unspecified atom stereocenters. The molecule has 1 aliphatic heterocycles. The number of pyridine rings is 1. The van der Waals surface area contributed by atoms with E-state index >= 15 is 0 Å². The van der Waals surface area contributed by atoms with E-state index in [2.05, 4.69) is 11.4 Å². The third kappa shape index (κ3) is 3.57. The number of benzene rings is 1. The van der Waals surface area contributed by atoms with Crippen LogP contribution < -0.4 is 10.9 Å². The monoisotopic (exact) mass is 325 g/mol. The third-order valence-corrected chi connectivity index (χ3v) is 4.34. The molecular formula is C19H23N3O2. The van der Waals surface area contributed by atoms with Crippen LogP contribution >= 0.6 is 0 Å². The molecule has 1 aromatic heterocycles. The van der Waals surface area contributed by atoms with Gasteiger partial charge >= 0.3 is 0 Å². The van der Waals surface area contributed by atoms with E-state index in [1.54, 1.807) is 27.8 Å². The van der Waals surface area contributed by atoms with Crippen molar-refractivity contribution in [3.8, 4) is 0 Å². The number of nitrogens with one attached hydrogen (secondary N) is 1. The summed E-state index contributed by atoms with van der Waals surface area (Å²) in [5.41, 5.74) is 2.23. The minimum absolute atomic E-state index is 0.174. The van der Waals surface area contributed by atoms with E-state index in [4.69, 9.17) is 0 Å². The molecule has 24 heavy (non-hydrogen) atoms. The van der Waals surface area contributed by atoms with Crippen LogP contribution in [0.15, 0.2) is 47.4 Å². The van der Waals surface area contributed by atoms with Gasteiger partial charge in [-0.3, -0.25) is 9.59 Å². The summed E-state index contributed by atoms with van der Waals surface area (Å²) >= 11 is 0. The summed E-state index contributed by atoms with van der Waals surface area (Å²) < 4.78 is 1.60. The zero-order valence-corrected chi connectivity index (χ0v) is 14.2. The highest BCUT2D eigenvalue weighted by Crippen LogP contribution is 2.08. The topological polar surface area (TPSA) is 54.3 Å². The lowest BCUT2D eigenvalue weighted by Crippen LogP contribution is -2.52. The summed E-state index contributed by atoms with van der Waals surface area (Å²) in [4.78, 5) is 27.2. The SMILES string of the molecule is Cc1cccc(Cn2cccc(C(=O)N3CCN[C@H](C)C3)c2=O)c1. The molecule has 2 heterocycles. The predicted molar refractivity (Wildman–Crippen MR) is 94.4 cm³/mol. The second-order valence-electron chi connectivity index (χ2n) is 6.45. The number of nitrogens with zero attached hydrogens (tertiary/aromatic N) is 2. The van der Waals surface area contributed by atoms with E-state index < -0.39 is 0 Å². The molecule has 5 heteroatoms. The van der Waals surface area contributed by atoms with Crippen molar-refractivity contribution in [2.24, 2.45) is 0 Å². The summed E-state index contributed by atoms with van der Waals surface area (Å²) in [5, 5.41) is 3.30. The van der Waals surface area contributed by atoms with Crippen LogP contribution in [0.5, 0.6) is 0 Å². The zero-order valence-electron chi connectivity index (χ0n) is 14.2. The molecule has 126 valence electrons. The van der Waals surface area contributed by atoms with Gasteiger partial charge in [-0.25, -0.2) is 0 Å². The molecule has 3 rings (SSSR count). The van der Waals surface area contributed by atoms with Crippen LogP contribution in [0.4, 0.5) is 0 Å². The molecule has 1 fully saturated rings. The lowest BCUT2D eigenvalue weighted by molar-refractivity contribution is 0.0706. The van der Waals surface area contributed by atoms with Gasteiger partial charge in [-0.1, -0.05) is 29.8 Å². The van der Waals surface area contributed by atoms with E-state index in [9.17, 15) is 9.59 Å². The highest BCUT2D eigenvalue weighted by Gasteiger charge is 2.23. The Morgan fingerprint density at radius 3 is 2.88 bits per heavy atom. The standard InChI is InChI=1S/C19H23N3O2/c1-14-5-3-6-16(11-14)13-21-9-4-7-17(18(21)23)19(24)22-10-8-20-15(2)12-22/h3-7,9,11,15,20H,8,10,12-13H2,1-2H3/t15-/m1/s1. The number of aromatic nitrogens is 1. The molecule has 0 radical (unpaired) electrons. The largest absolute Gasteiger partial charge is 0.336 e. The molecule has 1 amide bonds. The number of hydrogen-bond donors (Lipinski definition) is 1. The number of aryl methyl sites for hydroxylation is 1. The fourth-order valence-corrected chi connectivity index (χ4v) is 3.12. The fraction of sp³-hybridized carbons (Fsp3) is 0.368. The Balaban J connectivity index is 1.85. The van der Waals surface area contributed by atoms with Gasteiger partial charge in [0.15, 0.2) is 0 Å². The second-order valence-corrected chi connectivity index (χ2v) is 6.45. The van der Waals surface area contributed by atoms with Gasteiger partial charge in [-0.2, -0.15) is 0 Å². The number of hydrogen-bond acceptors (Lipinski definition) is 3. The summed E-state index contributed by atoms with van der Waals surface area (Å²) in [7, 11) is 0. The van der Waals surface area contributed by atoms with Crippen LogP contribution in [-0.2, 0) is 6.54 Å². The van der Waals surface area contributed by atoms with Crippen LogP contribution in [0, 0.1) is 6.92 Å². The van der Waals surface area contributed by atoms with Crippen molar-refractivity contribution >= 4 is 5.91 Å². The fourth-order valence-electron chi connectivity index (χ4n) is 3.12. The smallest absolute Gasteiger partial charge is 0.263 e. The first-order valence-corrected chi connectivity index (χ1v) is 8.32. The molecule has 1 saturated heterocycles. The van der Waals surface area contributed by atoms with Crippen LogP contribution in [0.2, 0.25) is 0 Å². The van der Waals surface area contributed by atoms with Gasteiger partial charge in [-0.15, -0.1) is 0 Å². The van der Waals surface area contributed by atoms with Gasteiger partial charge in [0.1, 0.15) is 5.56 Å². The molecule has 2 aromatic rings. The van der Waals surface area contributed by atoms with Gasteiger partial charge in [0, 0.05) is 31.9 Å². The Kier molecular flexibility index (Phi) is 4.81. The van der Waals surface area contributed by atoms with E-state index in [0.717, 1.165) is 17.7 Å². The lowest BCUT2D eigenvalue weighted by atomic mass is 10.1. The molecule has 1 atom stereocenters. The predicted octanol–water partition coefficient (Wildman–Crippen LogP) is 1.64. The summed E-state index contributed by atoms with van der Waals surface area (Å²) in [6.07, 6.45) is 1.74. The first-order chi connectivity index (χ1) is 11.5. The van der Waals surface area contributed by atoms with Crippen LogP contribution in [0.3, 0.4) is 0 Å². The lowest BCUT2D eigenvalue weighted by Gasteiger charge is -2.31. The highest BCUT2D eigenvalue weighted by molar-refractivity contribution is 5.94. The zero-order chi connectivity index (χ0) is 17.1. The molecule has 0 saturated carbocycles. The highest BCUT2D eigenvalue weighted by atomic mass is 16.2. The van der Waals surface area contributed by atoms with Gasteiger partial charge in [0.2, 0.25) is 0 Å². The Morgan fingerprint density at radius 1 is 1.29 bits per heavy atom. The molecule has 0 bridgehead atoms. The minimum atomic E-state index is -0.227. The first kappa shape index (κ1) is 16.5. The van der Waals surface area contributed by atoms with Crippen molar-refractivity contribution < 1.29 is 4.79 Å². The van der Waals surface area contributed by atoms with Crippen molar-refractivity contribution in [1.82, 2.24) is 14.8 Å². The minimum Gasteiger partial charge on any atom is -0.336 e. The molecule has 0 aliphatic carbocycles. The molecule has 5 nitrogen and oxygen atoms in total. The molecular weight excluding hydrogens is 302 g/mol. The van der Waals surface area contributed by atoms with Crippen molar-refractivity contribution in [2.45, 2.75) is 26.4 Å². The normalized spacial score (nSPS) is 17.8. The third-order valence-electron chi connectivity index (χ3n) is 4.34. The summed E-state index contributed by atoms with van der Waals surface area (Å²) in [5.74, 6) is -0.174. The Bertz CT molecular complexity index is 797. The maximum Gasteiger partial charge on any atom is 0.263 e. The van der Waals surface area contributed by atoms with Gasteiger partial charge < -0.3 is 14.8 Å². The summed E-state index contributed by atoms with van der Waals surface area (Å²) in [6, 6.07) is 11.7. The van der Waals surface area contributed by atoms with Crippen LogP contribution in [0.1, 0.15) is 28.4 Å². The molecule has 1 aliphatic rings. The van der Waals surface area contributed by atoms with Crippen LogP contribution in [-0.4, -0.2) is 41.1 Å². The summed E-state index contributed by atoms with van der Waals surface area (Å²) in [6.45, 7) is 6.56. The molecule has 1 aromatic carbocycles. The van der Waals surface area contributed by atoms with E-state index in [0.29, 0.717) is 19.6 Å². The maximum atomic E-state index is 12.7. The molecule has 1 N–H and O–H groups in total. The van der Waals surface area contributed by atoms with Crippen LogP contribution in [0.25, 0.3) is 0 Å². The number of carbonyl (C=O) groups excluding carboxylic acids is 1. The van der Waals surface area contributed by atoms with E-state index in [1.165, 1.54) is 0 Å².